The average molecular weight is 421 g/mol. The van der Waals surface area contributed by atoms with E-state index in [1.54, 1.807) is 0 Å². The first-order valence-electron chi connectivity index (χ1n) is 9.35. The van der Waals surface area contributed by atoms with Gasteiger partial charge in [0, 0.05) is 35.3 Å². The lowest BCUT2D eigenvalue weighted by Gasteiger charge is -2.08. The third kappa shape index (κ3) is 3.96. The third-order valence-electron chi connectivity index (χ3n) is 4.90. The molecule has 0 unspecified atom stereocenters. The Morgan fingerprint density at radius 1 is 0.900 bits per heavy atom. The molecule has 1 heterocycles. The van der Waals surface area contributed by atoms with Crippen LogP contribution in [0.2, 0.25) is 0 Å². The molecule has 0 saturated carbocycles. The van der Waals surface area contributed by atoms with Crippen LogP contribution in [0.3, 0.4) is 0 Å². The summed E-state index contributed by atoms with van der Waals surface area (Å²) in [6.07, 6.45) is 0.487. The van der Waals surface area contributed by atoms with Gasteiger partial charge in [-0.15, -0.1) is 0 Å². The molecule has 7 nitrogen and oxygen atoms in total. The first-order chi connectivity index (χ1) is 14.5. The Balaban J connectivity index is 1.57. The van der Waals surface area contributed by atoms with Gasteiger partial charge in [-0.2, -0.15) is 0 Å². The highest BCUT2D eigenvalue weighted by Gasteiger charge is 2.17. The van der Waals surface area contributed by atoms with Gasteiger partial charge in [-0.3, -0.25) is 10.1 Å². The van der Waals surface area contributed by atoms with Gasteiger partial charge in [-0.25, -0.2) is 13.1 Å². The van der Waals surface area contributed by atoms with Crippen LogP contribution >= 0.6 is 0 Å². The number of aromatic amines is 1. The van der Waals surface area contributed by atoms with Crippen molar-refractivity contribution in [2.75, 3.05) is 6.54 Å². The molecule has 0 aliphatic rings. The van der Waals surface area contributed by atoms with E-state index in [1.807, 2.05) is 54.6 Å². The van der Waals surface area contributed by atoms with E-state index in [0.717, 1.165) is 27.7 Å². The predicted molar refractivity (Wildman–Crippen MR) is 116 cm³/mol. The van der Waals surface area contributed by atoms with Crippen LogP contribution in [0.4, 0.5) is 5.69 Å². The molecule has 0 spiro atoms. The molecule has 4 aromatic rings. The molecular weight excluding hydrogens is 402 g/mol. The summed E-state index contributed by atoms with van der Waals surface area (Å²) in [4.78, 5) is 13.6. The van der Waals surface area contributed by atoms with E-state index in [9.17, 15) is 18.5 Å². The molecule has 1 aromatic heterocycles. The molecule has 152 valence electrons. The fraction of sp³-hybridized carbons (Fsp3) is 0.0909. The molecule has 8 heteroatoms. The van der Waals surface area contributed by atoms with Crippen LogP contribution in [0.25, 0.3) is 22.2 Å². The minimum Gasteiger partial charge on any atom is -0.354 e. The molecule has 0 aliphatic heterocycles. The van der Waals surface area contributed by atoms with Crippen molar-refractivity contribution in [1.82, 2.24) is 9.71 Å². The fourth-order valence-electron chi connectivity index (χ4n) is 3.45. The Morgan fingerprint density at radius 3 is 2.27 bits per heavy atom. The number of aromatic nitrogens is 1. The fourth-order valence-corrected chi connectivity index (χ4v) is 4.48. The predicted octanol–water partition coefficient (Wildman–Crippen LogP) is 4.26. The van der Waals surface area contributed by atoms with Crippen LogP contribution in [0.1, 0.15) is 5.56 Å². The Morgan fingerprint density at radius 2 is 1.57 bits per heavy atom. The lowest BCUT2D eigenvalue weighted by atomic mass is 10.0. The summed E-state index contributed by atoms with van der Waals surface area (Å²) in [5.74, 6) is 0. The maximum atomic E-state index is 12.6. The van der Waals surface area contributed by atoms with Crippen LogP contribution in [0, 0.1) is 10.1 Å². The minimum absolute atomic E-state index is 0.00434. The summed E-state index contributed by atoms with van der Waals surface area (Å²) in [7, 11) is -3.77. The second kappa shape index (κ2) is 8.10. The number of hydrogen-bond donors (Lipinski definition) is 2. The quantitative estimate of drug-likeness (QED) is 0.343. The molecule has 3 aromatic carbocycles. The summed E-state index contributed by atoms with van der Waals surface area (Å²) in [6, 6.07) is 22.6. The number of fused-ring (bicyclic) bond motifs is 1. The number of hydrogen-bond acceptors (Lipinski definition) is 4. The molecular formula is C22H19N3O4S. The van der Waals surface area contributed by atoms with Gasteiger partial charge < -0.3 is 4.98 Å². The normalized spacial score (nSPS) is 11.6. The minimum atomic E-state index is -3.77. The van der Waals surface area contributed by atoms with Crippen molar-refractivity contribution in [2.24, 2.45) is 0 Å². The second-order valence-electron chi connectivity index (χ2n) is 6.79. The molecule has 0 amide bonds. The summed E-state index contributed by atoms with van der Waals surface area (Å²) in [6.45, 7) is 0.195. The number of H-pyrrole nitrogens is 1. The zero-order valence-corrected chi connectivity index (χ0v) is 16.7. The lowest BCUT2D eigenvalue weighted by molar-refractivity contribution is -0.384. The Bertz CT molecular complexity index is 1300. The number of nitrogens with one attached hydrogen (secondary N) is 2. The van der Waals surface area contributed by atoms with Gasteiger partial charge in [-0.05, 0) is 35.7 Å². The molecule has 2 N–H and O–H groups in total. The van der Waals surface area contributed by atoms with Gasteiger partial charge in [-0.1, -0.05) is 48.5 Å². The number of para-hydroxylation sites is 1. The Hall–Kier alpha value is -3.49. The summed E-state index contributed by atoms with van der Waals surface area (Å²) >= 11 is 0. The highest BCUT2D eigenvalue weighted by Crippen LogP contribution is 2.30. The van der Waals surface area contributed by atoms with Crippen LogP contribution < -0.4 is 4.72 Å². The highest BCUT2D eigenvalue weighted by atomic mass is 32.2. The van der Waals surface area contributed by atoms with E-state index in [2.05, 4.69) is 9.71 Å². The van der Waals surface area contributed by atoms with Crippen molar-refractivity contribution in [1.29, 1.82) is 0 Å². The van der Waals surface area contributed by atoms with Crippen molar-refractivity contribution in [3.05, 3.63) is 94.5 Å². The number of non-ortho nitro benzene ring substituents is 1. The van der Waals surface area contributed by atoms with Gasteiger partial charge in [0.2, 0.25) is 10.0 Å². The maximum Gasteiger partial charge on any atom is 0.269 e. The van der Waals surface area contributed by atoms with E-state index in [0.29, 0.717) is 6.42 Å². The zero-order chi connectivity index (χ0) is 21.1. The van der Waals surface area contributed by atoms with Gasteiger partial charge in [0.25, 0.3) is 5.69 Å². The Labute approximate surface area is 173 Å². The first-order valence-corrected chi connectivity index (χ1v) is 10.8. The third-order valence-corrected chi connectivity index (χ3v) is 6.38. The van der Waals surface area contributed by atoms with Crippen molar-refractivity contribution < 1.29 is 13.3 Å². The number of sulfonamides is 1. The molecule has 0 saturated heterocycles. The molecule has 0 atom stereocenters. The monoisotopic (exact) mass is 421 g/mol. The van der Waals surface area contributed by atoms with Crippen molar-refractivity contribution >= 4 is 26.6 Å². The lowest BCUT2D eigenvalue weighted by Crippen LogP contribution is -2.26. The van der Waals surface area contributed by atoms with Crippen molar-refractivity contribution in [3.63, 3.8) is 0 Å². The van der Waals surface area contributed by atoms with E-state index >= 15 is 0 Å². The first kappa shape index (κ1) is 19.8. The van der Waals surface area contributed by atoms with Gasteiger partial charge in [0.15, 0.2) is 0 Å². The summed E-state index contributed by atoms with van der Waals surface area (Å²) in [5.41, 5.74) is 3.86. The molecule has 0 radical (unpaired) electrons. The average Bonchev–Trinajstić information content (AvgIpc) is 3.13. The molecule has 0 bridgehead atoms. The topological polar surface area (TPSA) is 105 Å². The number of nitro groups is 1. The van der Waals surface area contributed by atoms with Crippen LogP contribution in [0.15, 0.2) is 83.8 Å². The van der Waals surface area contributed by atoms with Crippen molar-refractivity contribution in [3.8, 4) is 11.3 Å². The summed E-state index contributed by atoms with van der Waals surface area (Å²) < 4.78 is 27.7. The van der Waals surface area contributed by atoms with E-state index in [1.165, 1.54) is 24.3 Å². The van der Waals surface area contributed by atoms with Gasteiger partial charge in [0.05, 0.1) is 9.82 Å². The molecule has 0 aliphatic carbocycles. The van der Waals surface area contributed by atoms with Crippen LogP contribution in [-0.2, 0) is 16.4 Å². The van der Waals surface area contributed by atoms with Crippen LogP contribution in [-0.4, -0.2) is 24.9 Å². The van der Waals surface area contributed by atoms with Gasteiger partial charge in [0.1, 0.15) is 0 Å². The number of rotatable bonds is 7. The molecule has 30 heavy (non-hydrogen) atoms. The van der Waals surface area contributed by atoms with Gasteiger partial charge >= 0.3 is 0 Å². The molecule has 0 fully saturated rings. The number of nitrogens with zero attached hydrogens (tertiary/aromatic N) is 1. The Kier molecular flexibility index (Phi) is 5.35. The SMILES string of the molecule is O=[N+]([O-])c1ccc(S(=O)(=O)NCCc2c(-c3ccccc3)[nH]c3ccccc23)cc1. The van der Waals surface area contributed by atoms with E-state index < -0.39 is 14.9 Å². The van der Waals surface area contributed by atoms with E-state index in [-0.39, 0.29) is 17.1 Å². The number of benzene rings is 3. The van der Waals surface area contributed by atoms with E-state index in [4.69, 9.17) is 0 Å². The summed E-state index contributed by atoms with van der Waals surface area (Å²) in [5, 5.41) is 11.8. The van der Waals surface area contributed by atoms with Crippen molar-refractivity contribution in [2.45, 2.75) is 11.3 Å². The smallest absolute Gasteiger partial charge is 0.269 e. The molecule has 4 rings (SSSR count). The highest BCUT2D eigenvalue weighted by molar-refractivity contribution is 7.89. The second-order valence-corrected chi connectivity index (χ2v) is 8.56. The van der Waals surface area contributed by atoms with Crippen LogP contribution in [0.5, 0.6) is 0 Å². The standard InChI is InChI=1S/C22H19N3O4S/c26-25(27)17-10-12-18(13-11-17)30(28,29)23-15-14-20-19-8-4-5-9-21(19)24-22(20)16-6-2-1-3-7-16/h1-13,23-24H,14-15H2. The largest absolute Gasteiger partial charge is 0.354 e. The number of nitro benzene ring substituents is 1. The zero-order valence-electron chi connectivity index (χ0n) is 15.9. The maximum absolute atomic E-state index is 12.6.